The van der Waals surface area contributed by atoms with Gasteiger partial charge in [-0.15, -0.1) is 0 Å². The Bertz CT molecular complexity index is 368. The number of nitriles is 1. The van der Waals surface area contributed by atoms with E-state index in [1.807, 2.05) is 6.07 Å². The lowest BCUT2D eigenvalue weighted by molar-refractivity contribution is 0.214. The van der Waals surface area contributed by atoms with Crippen molar-refractivity contribution < 1.29 is 4.84 Å². The normalized spacial score (nSPS) is 10.7. The standard InChI is InChI=1S/C9H7ClN2O/c1-13-12-9(6-11)7-4-2-3-5-8(7)10/h2-5H,1H3. The lowest BCUT2D eigenvalue weighted by atomic mass is 10.1. The molecule has 0 aliphatic rings. The molecule has 0 aromatic heterocycles. The Kier molecular flexibility index (Phi) is 3.30. The summed E-state index contributed by atoms with van der Waals surface area (Å²) < 4.78 is 0. The van der Waals surface area contributed by atoms with E-state index in [9.17, 15) is 0 Å². The number of rotatable bonds is 2. The Morgan fingerprint density at radius 2 is 2.23 bits per heavy atom. The van der Waals surface area contributed by atoms with Gasteiger partial charge in [0.15, 0.2) is 5.71 Å². The molecule has 0 heterocycles. The molecule has 0 spiro atoms. The molecule has 0 bridgehead atoms. The van der Waals surface area contributed by atoms with Crippen molar-refractivity contribution in [3.8, 4) is 6.07 Å². The van der Waals surface area contributed by atoms with E-state index in [4.69, 9.17) is 16.9 Å². The highest BCUT2D eigenvalue weighted by atomic mass is 35.5. The van der Waals surface area contributed by atoms with E-state index in [2.05, 4.69) is 9.99 Å². The van der Waals surface area contributed by atoms with E-state index in [1.54, 1.807) is 24.3 Å². The monoisotopic (exact) mass is 194 g/mol. The lowest BCUT2D eigenvalue weighted by Gasteiger charge is -1.98. The maximum absolute atomic E-state index is 8.72. The highest BCUT2D eigenvalue weighted by molar-refractivity contribution is 6.35. The molecule has 0 fully saturated rings. The van der Waals surface area contributed by atoms with E-state index in [0.717, 1.165) is 0 Å². The van der Waals surface area contributed by atoms with Crippen LogP contribution in [0.2, 0.25) is 5.02 Å². The van der Waals surface area contributed by atoms with Gasteiger partial charge in [0.2, 0.25) is 0 Å². The summed E-state index contributed by atoms with van der Waals surface area (Å²) in [5.41, 5.74) is 0.751. The van der Waals surface area contributed by atoms with Gasteiger partial charge in [-0.3, -0.25) is 0 Å². The van der Waals surface area contributed by atoms with Gasteiger partial charge in [-0.2, -0.15) is 5.26 Å². The van der Waals surface area contributed by atoms with Crippen molar-refractivity contribution in [1.82, 2.24) is 0 Å². The average Bonchev–Trinajstić information content (AvgIpc) is 2.16. The third-order valence-electron chi connectivity index (χ3n) is 1.42. The van der Waals surface area contributed by atoms with Gasteiger partial charge < -0.3 is 4.84 Å². The molecule has 4 heteroatoms. The molecule has 0 N–H and O–H groups in total. The molecule has 0 saturated heterocycles. The van der Waals surface area contributed by atoms with Crippen molar-refractivity contribution in [3.63, 3.8) is 0 Å². The summed E-state index contributed by atoms with van der Waals surface area (Å²) in [4.78, 5) is 4.51. The molecule has 0 saturated carbocycles. The Morgan fingerprint density at radius 3 is 2.77 bits per heavy atom. The first kappa shape index (κ1) is 9.56. The molecule has 1 aromatic carbocycles. The van der Waals surface area contributed by atoms with E-state index in [0.29, 0.717) is 10.6 Å². The number of oxime groups is 1. The molecule has 0 unspecified atom stereocenters. The quantitative estimate of drug-likeness (QED) is 0.535. The van der Waals surface area contributed by atoms with Crippen LogP contribution in [0.4, 0.5) is 0 Å². The topological polar surface area (TPSA) is 45.4 Å². The predicted molar refractivity (Wildman–Crippen MR) is 50.6 cm³/mol. The number of hydrogen-bond donors (Lipinski definition) is 0. The smallest absolute Gasteiger partial charge is 0.188 e. The zero-order valence-electron chi connectivity index (χ0n) is 6.99. The first-order valence-corrected chi connectivity index (χ1v) is 3.93. The molecule has 0 radical (unpaired) electrons. The van der Waals surface area contributed by atoms with Crippen LogP contribution in [-0.2, 0) is 4.84 Å². The Balaban J connectivity index is 3.14. The lowest BCUT2D eigenvalue weighted by Crippen LogP contribution is -1.98. The van der Waals surface area contributed by atoms with Crippen LogP contribution in [0.1, 0.15) is 5.56 Å². The third kappa shape index (κ3) is 2.20. The second kappa shape index (κ2) is 4.48. The molecule has 66 valence electrons. The minimum atomic E-state index is 0.174. The largest absolute Gasteiger partial charge is 0.398 e. The van der Waals surface area contributed by atoms with Gasteiger partial charge in [-0.1, -0.05) is 35.0 Å². The predicted octanol–water partition coefficient (Wildman–Crippen LogP) is 2.21. The van der Waals surface area contributed by atoms with Crippen molar-refractivity contribution >= 4 is 17.3 Å². The zero-order chi connectivity index (χ0) is 9.68. The van der Waals surface area contributed by atoms with E-state index < -0.39 is 0 Å². The Labute approximate surface area is 81.2 Å². The van der Waals surface area contributed by atoms with Gasteiger partial charge in [0.05, 0.1) is 5.02 Å². The van der Waals surface area contributed by atoms with Crippen LogP contribution in [-0.4, -0.2) is 12.8 Å². The van der Waals surface area contributed by atoms with Gasteiger partial charge in [-0.25, -0.2) is 0 Å². The highest BCUT2D eigenvalue weighted by Gasteiger charge is 2.06. The number of halogens is 1. The first-order valence-electron chi connectivity index (χ1n) is 3.55. The minimum absolute atomic E-state index is 0.174. The van der Waals surface area contributed by atoms with Crippen LogP contribution in [0.25, 0.3) is 0 Å². The van der Waals surface area contributed by atoms with E-state index in [1.165, 1.54) is 7.11 Å². The molecule has 3 nitrogen and oxygen atoms in total. The second-order valence-electron chi connectivity index (χ2n) is 2.21. The minimum Gasteiger partial charge on any atom is -0.398 e. The van der Waals surface area contributed by atoms with Gasteiger partial charge in [0, 0.05) is 5.56 Å². The Morgan fingerprint density at radius 1 is 1.54 bits per heavy atom. The van der Waals surface area contributed by atoms with Crippen LogP contribution >= 0.6 is 11.6 Å². The summed E-state index contributed by atoms with van der Waals surface area (Å²) in [5.74, 6) is 0. The number of nitrogens with zero attached hydrogens (tertiary/aromatic N) is 2. The van der Waals surface area contributed by atoms with Crippen molar-refractivity contribution in [1.29, 1.82) is 5.26 Å². The van der Waals surface area contributed by atoms with Crippen LogP contribution in [0.3, 0.4) is 0 Å². The molecule has 1 aromatic rings. The molecule has 13 heavy (non-hydrogen) atoms. The highest BCUT2D eigenvalue weighted by Crippen LogP contribution is 2.15. The number of hydrogen-bond acceptors (Lipinski definition) is 3. The molecule has 0 aliphatic heterocycles. The van der Waals surface area contributed by atoms with Gasteiger partial charge >= 0.3 is 0 Å². The molecule has 0 aliphatic carbocycles. The molecule has 1 rings (SSSR count). The first-order chi connectivity index (χ1) is 6.29. The van der Waals surface area contributed by atoms with Crippen molar-refractivity contribution in [2.45, 2.75) is 0 Å². The van der Waals surface area contributed by atoms with Crippen molar-refractivity contribution in [2.24, 2.45) is 5.16 Å². The van der Waals surface area contributed by atoms with Gasteiger partial charge in [0.1, 0.15) is 13.2 Å². The summed E-state index contributed by atoms with van der Waals surface area (Å²) >= 11 is 5.85. The van der Waals surface area contributed by atoms with Gasteiger partial charge in [-0.05, 0) is 6.07 Å². The van der Waals surface area contributed by atoms with Gasteiger partial charge in [0.25, 0.3) is 0 Å². The van der Waals surface area contributed by atoms with E-state index in [-0.39, 0.29) is 5.71 Å². The van der Waals surface area contributed by atoms with Crippen molar-refractivity contribution in [3.05, 3.63) is 34.9 Å². The Hall–Kier alpha value is -1.53. The fraction of sp³-hybridized carbons (Fsp3) is 0.111. The fourth-order valence-electron chi connectivity index (χ4n) is 0.874. The van der Waals surface area contributed by atoms with Crippen molar-refractivity contribution in [2.75, 3.05) is 7.11 Å². The average molecular weight is 195 g/mol. The molecular formula is C9H7ClN2O. The maximum Gasteiger partial charge on any atom is 0.188 e. The van der Waals surface area contributed by atoms with Crippen LogP contribution in [0.5, 0.6) is 0 Å². The van der Waals surface area contributed by atoms with Crippen LogP contribution in [0, 0.1) is 11.3 Å². The summed E-state index contributed by atoms with van der Waals surface area (Å²) in [6, 6.07) is 8.87. The molecular weight excluding hydrogens is 188 g/mol. The number of benzene rings is 1. The summed E-state index contributed by atoms with van der Waals surface area (Å²) in [5, 5.41) is 12.7. The zero-order valence-corrected chi connectivity index (χ0v) is 7.75. The van der Waals surface area contributed by atoms with Crippen LogP contribution in [0.15, 0.2) is 29.4 Å². The summed E-state index contributed by atoms with van der Waals surface area (Å²) in [6.07, 6.45) is 0. The second-order valence-corrected chi connectivity index (χ2v) is 2.62. The fourth-order valence-corrected chi connectivity index (χ4v) is 1.10. The summed E-state index contributed by atoms with van der Waals surface area (Å²) in [6.45, 7) is 0. The van der Waals surface area contributed by atoms with E-state index >= 15 is 0 Å². The molecule has 0 amide bonds. The summed E-state index contributed by atoms with van der Waals surface area (Å²) in [7, 11) is 1.38. The third-order valence-corrected chi connectivity index (χ3v) is 1.75. The molecule has 0 atom stereocenters. The maximum atomic E-state index is 8.72. The SMILES string of the molecule is CON=C(C#N)c1ccccc1Cl. The van der Waals surface area contributed by atoms with Crippen LogP contribution < -0.4 is 0 Å².